The van der Waals surface area contributed by atoms with Gasteiger partial charge in [0.1, 0.15) is 11.6 Å². The Morgan fingerprint density at radius 3 is 2.56 bits per heavy atom. The third-order valence-corrected chi connectivity index (χ3v) is 5.38. The first kappa shape index (κ1) is 23.0. The zero-order valence-corrected chi connectivity index (χ0v) is 18.7. The average molecular weight is 491 g/mol. The van der Waals surface area contributed by atoms with Crippen molar-refractivity contribution in [3.63, 3.8) is 0 Å². The van der Waals surface area contributed by atoms with E-state index < -0.39 is 17.6 Å². The van der Waals surface area contributed by atoms with Crippen molar-refractivity contribution in [2.24, 2.45) is 0 Å². The molecule has 0 unspecified atom stereocenters. The van der Waals surface area contributed by atoms with Crippen molar-refractivity contribution in [3.05, 3.63) is 89.9 Å². The molecular formula is C26H19F2N3O5. The number of benzene rings is 3. The van der Waals surface area contributed by atoms with E-state index in [1.165, 1.54) is 30.5 Å². The number of amides is 2. The summed E-state index contributed by atoms with van der Waals surface area (Å²) in [6.45, 7) is 0.0901. The second-order valence-corrected chi connectivity index (χ2v) is 7.89. The van der Waals surface area contributed by atoms with Crippen LogP contribution >= 0.6 is 0 Å². The predicted molar refractivity (Wildman–Crippen MR) is 126 cm³/mol. The number of hydrogen-bond acceptors (Lipinski definition) is 6. The van der Waals surface area contributed by atoms with Gasteiger partial charge in [-0.2, -0.15) is 0 Å². The monoisotopic (exact) mass is 491 g/mol. The molecule has 1 aromatic heterocycles. The standard InChI is InChI=1S/C26H19F2N3O5/c27-17-4-1-15(2-5-17)23-13-29-25(36-23)10-9-24(32)31-20-12-18(6-7-19(20)28)30-26(33)16-3-8-21-22(11-16)35-14-34-21/h1-8,11-13H,9-10,14H2,(H,30,33)(H,31,32). The van der Waals surface area contributed by atoms with Gasteiger partial charge in [-0.3, -0.25) is 9.59 Å². The quantitative estimate of drug-likeness (QED) is 0.370. The van der Waals surface area contributed by atoms with Crippen LogP contribution < -0.4 is 20.1 Å². The highest BCUT2D eigenvalue weighted by Gasteiger charge is 2.17. The molecule has 10 heteroatoms. The Hall–Kier alpha value is -4.73. The van der Waals surface area contributed by atoms with E-state index in [0.29, 0.717) is 40.0 Å². The Morgan fingerprint density at radius 2 is 1.72 bits per heavy atom. The fourth-order valence-electron chi connectivity index (χ4n) is 3.55. The van der Waals surface area contributed by atoms with E-state index in [4.69, 9.17) is 13.9 Å². The number of anilines is 2. The van der Waals surface area contributed by atoms with Crippen LogP contribution in [0.1, 0.15) is 22.7 Å². The lowest BCUT2D eigenvalue weighted by atomic mass is 10.1. The van der Waals surface area contributed by atoms with Crippen molar-refractivity contribution >= 4 is 23.2 Å². The SMILES string of the molecule is O=C(CCc1ncc(-c2ccc(F)cc2)o1)Nc1cc(NC(=O)c2ccc3c(c2)OCO3)ccc1F. The summed E-state index contributed by atoms with van der Waals surface area (Å²) in [6, 6.07) is 14.4. The van der Waals surface area contributed by atoms with Crippen LogP contribution in [0, 0.1) is 11.6 Å². The lowest BCUT2D eigenvalue weighted by molar-refractivity contribution is -0.116. The van der Waals surface area contributed by atoms with Gasteiger partial charge in [-0.05, 0) is 60.7 Å². The normalized spacial score (nSPS) is 11.8. The van der Waals surface area contributed by atoms with Crippen molar-refractivity contribution in [3.8, 4) is 22.8 Å². The number of nitrogens with one attached hydrogen (secondary N) is 2. The molecule has 2 heterocycles. The van der Waals surface area contributed by atoms with Crippen LogP contribution in [-0.2, 0) is 11.2 Å². The van der Waals surface area contributed by atoms with Crippen molar-refractivity contribution in [2.75, 3.05) is 17.4 Å². The molecule has 3 aromatic carbocycles. The number of oxazole rings is 1. The first-order valence-corrected chi connectivity index (χ1v) is 11.0. The maximum Gasteiger partial charge on any atom is 0.255 e. The van der Waals surface area contributed by atoms with Gasteiger partial charge >= 0.3 is 0 Å². The van der Waals surface area contributed by atoms with Gasteiger partial charge in [0.15, 0.2) is 23.1 Å². The molecule has 1 aliphatic rings. The number of fused-ring (bicyclic) bond motifs is 1. The first-order chi connectivity index (χ1) is 17.4. The fraction of sp³-hybridized carbons (Fsp3) is 0.115. The third-order valence-electron chi connectivity index (χ3n) is 5.38. The summed E-state index contributed by atoms with van der Waals surface area (Å²) < 4.78 is 43.5. The van der Waals surface area contributed by atoms with Crippen LogP contribution in [0.15, 0.2) is 71.3 Å². The number of aromatic nitrogens is 1. The van der Waals surface area contributed by atoms with Gasteiger partial charge in [0.25, 0.3) is 5.91 Å². The maximum absolute atomic E-state index is 14.3. The molecule has 182 valence electrons. The van der Waals surface area contributed by atoms with Crippen LogP contribution in [0.2, 0.25) is 0 Å². The molecule has 0 aliphatic carbocycles. The minimum Gasteiger partial charge on any atom is -0.454 e. The number of hydrogen-bond donors (Lipinski definition) is 2. The van der Waals surface area contributed by atoms with Crippen LogP contribution in [-0.4, -0.2) is 23.6 Å². The molecule has 5 rings (SSSR count). The molecule has 1 aliphatic heterocycles. The van der Waals surface area contributed by atoms with Crippen LogP contribution in [0.3, 0.4) is 0 Å². The molecule has 0 fully saturated rings. The van der Waals surface area contributed by atoms with Gasteiger partial charge in [0.2, 0.25) is 12.7 Å². The summed E-state index contributed by atoms with van der Waals surface area (Å²) in [5.74, 6) is -0.136. The lowest BCUT2D eigenvalue weighted by Crippen LogP contribution is -2.15. The molecule has 0 radical (unpaired) electrons. The van der Waals surface area contributed by atoms with E-state index in [9.17, 15) is 18.4 Å². The number of carbonyl (C=O) groups is 2. The summed E-state index contributed by atoms with van der Waals surface area (Å²) >= 11 is 0. The predicted octanol–water partition coefficient (Wildman–Crippen LogP) is 5.17. The minimum atomic E-state index is -0.654. The van der Waals surface area contributed by atoms with E-state index in [-0.39, 0.29) is 31.1 Å². The van der Waals surface area contributed by atoms with Gasteiger partial charge in [-0.25, -0.2) is 13.8 Å². The smallest absolute Gasteiger partial charge is 0.255 e. The van der Waals surface area contributed by atoms with Crippen molar-refractivity contribution in [1.82, 2.24) is 4.98 Å². The Balaban J connectivity index is 1.19. The van der Waals surface area contributed by atoms with Gasteiger partial charge in [0.05, 0.1) is 11.9 Å². The second-order valence-electron chi connectivity index (χ2n) is 7.89. The van der Waals surface area contributed by atoms with Gasteiger partial charge < -0.3 is 24.5 Å². The largest absolute Gasteiger partial charge is 0.454 e. The number of halogens is 2. The zero-order valence-electron chi connectivity index (χ0n) is 18.7. The average Bonchev–Trinajstić information content (AvgIpc) is 3.54. The highest BCUT2D eigenvalue weighted by molar-refractivity contribution is 6.05. The maximum atomic E-state index is 14.3. The number of carbonyl (C=O) groups excluding carboxylic acids is 2. The van der Waals surface area contributed by atoms with Crippen LogP contribution in [0.4, 0.5) is 20.2 Å². The molecule has 0 atom stereocenters. The lowest BCUT2D eigenvalue weighted by Gasteiger charge is -2.10. The van der Waals surface area contributed by atoms with E-state index in [1.54, 1.807) is 30.3 Å². The summed E-state index contributed by atoms with van der Waals surface area (Å²) in [5, 5.41) is 5.17. The Labute approximate surface area is 203 Å². The molecule has 4 aromatic rings. The van der Waals surface area contributed by atoms with Crippen molar-refractivity contribution in [2.45, 2.75) is 12.8 Å². The van der Waals surface area contributed by atoms with E-state index in [2.05, 4.69) is 15.6 Å². The fourth-order valence-corrected chi connectivity index (χ4v) is 3.55. The molecule has 0 bridgehead atoms. The molecule has 2 N–H and O–H groups in total. The number of aryl methyl sites for hydroxylation is 1. The van der Waals surface area contributed by atoms with Crippen LogP contribution in [0.5, 0.6) is 11.5 Å². The van der Waals surface area contributed by atoms with Crippen molar-refractivity contribution in [1.29, 1.82) is 0 Å². The van der Waals surface area contributed by atoms with Gasteiger partial charge in [-0.1, -0.05) is 0 Å². The van der Waals surface area contributed by atoms with Gasteiger partial charge in [-0.15, -0.1) is 0 Å². The summed E-state index contributed by atoms with van der Waals surface area (Å²) in [7, 11) is 0. The Kier molecular flexibility index (Phi) is 6.31. The Bertz CT molecular complexity index is 1440. The van der Waals surface area contributed by atoms with Gasteiger partial charge in [0, 0.05) is 29.7 Å². The number of nitrogens with zero attached hydrogens (tertiary/aromatic N) is 1. The molecule has 2 amide bonds. The summed E-state index contributed by atoms with van der Waals surface area (Å²) in [5.41, 5.74) is 1.20. The van der Waals surface area contributed by atoms with Crippen molar-refractivity contribution < 1.29 is 32.3 Å². The Morgan fingerprint density at radius 1 is 0.917 bits per heavy atom. The summed E-state index contributed by atoms with van der Waals surface area (Å²) in [6.07, 6.45) is 1.65. The number of ether oxygens (including phenoxy) is 2. The third kappa shape index (κ3) is 5.17. The highest BCUT2D eigenvalue weighted by atomic mass is 19.1. The summed E-state index contributed by atoms with van der Waals surface area (Å²) in [4.78, 5) is 29.1. The zero-order chi connectivity index (χ0) is 25.1. The van der Waals surface area contributed by atoms with Crippen LogP contribution in [0.25, 0.3) is 11.3 Å². The number of rotatable bonds is 7. The molecular weight excluding hydrogens is 472 g/mol. The van der Waals surface area contributed by atoms with E-state index in [0.717, 1.165) is 6.07 Å². The second kappa shape index (κ2) is 9.87. The molecule has 8 nitrogen and oxygen atoms in total. The van der Waals surface area contributed by atoms with E-state index >= 15 is 0 Å². The molecule has 0 saturated heterocycles. The molecule has 0 saturated carbocycles. The molecule has 36 heavy (non-hydrogen) atoms. The molecule has 0 spiro atoms. The minimum absolute atomic E-state index is 0.0173. The first-order valence-electron chi connectivity index (χ1n) is 11.0. The highest BCUT2D eigenvalue weighted by Crippen LogP contribution is 2.33. The topological polar surface area (TPSA) is 103 Å². The van der Waals surface area contributed by atoms with E-state index in [1.807, 2.05) is 0 Å².